The van der Waals surface area contributed by atoms with E-state index in [0.29, 0.717) is 23.5 Å². The van der Waals surface area contributed by atoms with E-state index in [0.717, 1.165) is 23.4 Å². The van der Waals surface area contributed by atoms with Crippen LogP contribution in [0.2, 0.25) is 0 Å². The van der Waals surface area contributed by atoms with Crippen molar-refractivity contribution < 1.29 is 9.32 Å². The lowest BCUT2D eigenvalue weighted by Gasteiger charge is -2.22. The van der Waals surface area contributed by atoms with Crippen molar-refractivity contribution in [1.82, 2.24) is 20.4 Å². The Morgan fingerprint density at radius 3 is 2.96 bits per heavy atom. The first kappa shape index (κ1) is 16.0. The number of carbonyl (C=O) groups is 1. The van der Waals surface area contributed by atoms with Gasteiger partial charge in [-0.1, -0.05) is 36.2 Å². The Morgan fingerprint density at radius 1 is 1.39 bits per heavy atom. The smallest absolute Gasteiger partial charge is 0.260 e. The van der Waals surface area contributed by atoms with E-state index in [1.54, 1.807) is 13.1 Å². The largest absolute Gasteiger partial charge is 0.353 e. The molecule has 0 atom stereocenters. The van der Waals surface area contributed by atoms with Crippen LogP contribution < -0.4 is 5.32 Å². The number of amides is 1. The molecule has 23 heavy (non-hydrogen) atoms. The highest BCUT2D eigenvalue weighted by Crippen LogP contribution is 2.28. The van der Waals surface area contributed by atoms with Crippen LogP contribution in [0.5, 0.6) is 0 Å². The molecule has 1 saturated carbocycles. The van der Waals surface area contributed by atoms with Crippen LogP contribution in [0.1, 0.15) is 37.9 Å². The standard InChI is InChI=1S/C16H20N4O2S/c1-11-18-15(22-20-11)13-8-5-9-17-16(13)23-10-14(21)19-12-6-3-2-4-7-12/h5,8-9,12H,2-4,6-7,10H2,1H3,(H,19,21). The van der Waals surface area contributed by atoms with Gasteiger partial charge in [0.15, 0.2) is 5.82 Å². The van der Waals surface area contributed by atoms with Crippen LogP contribution in [-0.2, 0) is 4.79 Å². The molecule has 7 heteroatoms. The summed E-state index contributed by atoms with van der Waals surface area (Å²) >= 11 is 1.40. The summed E-state index contributed by atoms with van der Waals surface area (Å²) in [6.45, 7) is 1.77. The Labute approximate surface area is 139 Å². The summed E-state index contributed by atoms with van der Waals surface area (Å²) < 4.78 is 5.20. The zero-order chi connectivity index (χ0) is 16.1. The van der Waals surface area contributed by atoms with Crippen molar-refractivity contribution in [1.29, 1.82) is 0 Å². The summed E-state index contributed by atoms with van der Waals surface area (Å²) in [7, 11) is 0. The van der Waals surface area contributed by atoms with Crippen LogP contribution in [-0.4, -0.2) is 32.8 Å². The predicted octanol–water partition coefficient (Wildman–Crippen LogP) is 2.98. The molecular weight excluding hydrogens is 312 g/mol. The number of rotatable bonds is 5. The Balaban J connectivity index is 1.60. The second-order valence-corrected chi connectivity index (χ2v) is 6.66. The predicted molar refractivity (Wildman–Crippen MR) is 88.0 cm³/mol. The lowest BCUT2D eigenvalue weighted by atomic mass is 9.95. The van der Waals surface area contributed by atoms with E-state index in [4.69, 9.17) is 4.52 Å². The normalized spacial score (nSPS) is 15.5. The Morgan fingerprint density at radius 2 is 2.22 bits per heavy atom. The molecule has 1 aliphatic rings. The summed E-state index contributed by atoms with van der Waals surface area (Å²) in [6, 6.07) is 4.03. The molecule has 1 fully saturated rings. The third-order valence-electron chi connectivity index (χ3n) is 3.84. The monoisotopic (exact) mass is 332 g/mol. The highest BCUT2D eigenvalue weighted by molar-refractivity contribution is 8.00. The second-order valence-electron chi connectivity index (χ2n) is 5.69. The summed E-state index contributed by atoms with van der Waals surface area (Å²) in [4.78, 5) is 20.7. The van der Waals surface area contributed by atoms with Gasteiger partial charge in [0.25, 0.3) is 5.89 Å². The molecular formula is C16H20N4O2S. The minimum Gasteiger partial charge on any atom is -0.353 e. The molecule has 1 N–H and O–H groups in total. The number of nitrogens with zero attached hydrogens (tertiary/aromatic N) is 3. The maximum absolute atomic E-state index is 12.1. The fourth-order valence-corrected chi connectivity index (χ4v) is 3.52. The highest BCUT2D eigenvalue weighted by atomic mass is 32.2. The van der Waals surface area contributed by atoms with Crippen molar-refractivity contribution in [2.24, 2.45) is 0 Å². The third-order valence-corrected chi connectivity index (χ3v) is 4.84. The van der Waals surface area contributed by atoms with Crippen molar-refractivity contribution in [2.75, 3.05) is 5.75 Å². The number of hydrogen-bond donors (Lipinski definition) is 1. The van der Waals surface area contributed by atoms with E-state index < -0.39 is 0 Å². The zero-order valence-electron chi connectivity index (χ0n) is 13.1. The minimum atomic E-state index is 0.0558. The van der Waals surface area contributed by atoms with E-state index in [2.05, 4.69) is 20.4 Å². The van der Waals surface area contributed by atoms with Crippen molar-refractivity contribution in [3.63, 3.8) is 0 Å². The van der Waals surface area contributed by atoms with Gasteiger partial charge < -0.3 is 9.84 Å². The summed E-state index contributed by atoms with van der Waals surface area (Å²) in [6.07, 6.45) is 7.58. The van der Waals surface area contributed by atoms with Gasteiger partial charge in [-0.15, -0.1) is 0 Å². The summed E-state index contributed by atoms with van der Waals surface area (Å²) in [5.74, 6) is 1.41. The fraction of sp³-hybridized carbons (Fsp3) is 0.500. The average Bonchev–Trinajstić information content (AvgIpc) is 3.00. The van der Waals surface area contributed by atoms with Gasteiger partial charge in [-0.2, -0.15) is 4.98 Å². The maximum Gasteiger partial charge on any atom is 0.260 e. The lowest BCUT2D eigenvalue weighted by Crippen LogP contribution is -2.37. The minimum absolute atomic E-state index is 0.0558. The van der Waals surface area contributed by atoms with Crippen molar-refractivity contribution in [3.8, 4) is 11.5 Å². The third kappa shape index (κ3) is 4.31. The molecule has 0 spiro atoms. The molecule has 0 bridgehead atoms. The van der Waals surface area contributed by atoms with Gasteiger partial charge >= 0.3 is 0 Å². The van der Waals surface area contributed by atoms with Gasteiger partial charge in [-0.05, 0) is 31.9 Å². The van der Waals surface area contributed by atoms with E-state index in [1.165, 1.54) is 31.0 Å². The first-order valence-corrected chi connectivity index (χ1v) is 8.89. The molecule has 0 unspecified atom stereocenters. The molecule has 0 aromatic carbocycles. The molecule has 6 nitrogen and oxygen atoms in total. The molecule has 0 saturated heterocycles. The van der Waals surface area contributed by atoms with Crippen LogP contribution in [0.4, 0.5) is 0 Å². The van der Waals surface area contributed by atoms with Gasteiger partial charge in [-0.3, -0.25) is 4.79 Å². The molecule has 0 radical (unpaired) electrons. The Bertz CT molecular complexity index is 668. The van der Waals surface area contributed by atoms with Crippen molar-refractivity contribution >= 4 is 17.7 Å². The van der Waals surface area contributed by atoms with Gasteiger partial charge in [0.05, 0.1) is 11.3 Å². The number of pyridine rings is 1. The number of aryl methyl sites for hydroxylation is 1. The van der Waals surface area contributed by atoms with Crippen LogP contribution in [0, 0.1) is 6.92 Å². The van der Waals surface area contributed by atoms with E-state index in [1.807, 2.05) is 12.1 Å². The fourth-order valence-electron chi connectivity index (χ4n) is 2.73. The van der Waals surface area contributed by atoms with Crippen LogP contribution >= 0.6 is 11.8 Å². The first-order valence-electron chi connectivity index (χ1n) is 7.90. The Kier molecular flexibility index (Phi) is 5.27. The molecule has 0 aliphatic heterocycles. The topological polar surface area (TPSA) is 80.9 Å². The van der Waals surface area contributed by atoms with Gasteiger partial charge in [-0.25, -0.2) is 4.98 Å². The van der Waals surface area contributed by atoms with Gasteiger partial charge in [0, 0.05) is 12.2 Å². The Hall–Kier alpha value is -1.89. The van der Waals surface area contributed by atoms with Crippen molar-refractivity contribution in [3.05, 3.63) is 24.2 Å². The SMILES string of the molecule is Cc1noc(-c2cccnc2SCC(=O)NC2CCCCC2)n1. The van der Waals surface area contributed by atoms with Gasteiger partial charge in [0.2, 0.25) is 5.91 Å². The maximum atomic E-state index is 12.1. The quantitative estimate of drug-likeness (QED) is 0.848. The van der Waals surface area contributed by atoms with E-state index in [9.17, 15) is 4.79 Å². The van der Waals surface area contributed by atoms with Gasteiger partial charge in [0.1, 0.15) is 5.03 Å². The average molecular weight is 332 g/mol. The number of hydrogen-bond acceptors (Lipinski definition) is 6. The summed E-state index contributed by atoms with van der Waals surface area (Å²) in [5, 5.41) is 7.65. The number of nitrogens with one attached hydrogen (secondary N) is 1. The molecule has 3 rings (SSSR count). The molecule has 2 aromatic rings. The zero-order valence-corrected chi connectivity index (χ0v) is 13.9. The molecule has 122 valence electrons. The van der Waals surface area contributed by atoms with E-state index >= 15 is 0 Å². The lowest BCUT2D eigenvalue weighted by molar-refractivity contribution is -0.119. The van der Waals surface area contributed by atoms with Crippen LogP contribution in [0.15, 0.2) is 27.9 Å². The molecule has 2 aromatic heterocycles. The molecule has 1 amide bonds. The van der Waals surface area contributed by atoms with Crippen LogP contribution in [0.3, 0.4) is 0 Å². The van der Waals surface area contributed by atoms with Crippen LogP contribution in [0.25, 0.3) is 11.5 Å². The number of aromatic nitrogens is 3. The van der Waals surface area contributed by atoms with Crippen molar-refractivity contribution in [2.45, 2.75) is 50.1 Å². The second kappa shape index (κ2) is 7.59. The first-order chi connectivity index (χ1) is 11.2. The molecule has 2 heterocycles. The highest BCUT2D eigenvalue weighted by Gasteiger charge is 2.17. The number of thioether (sulfide) groups is 1. The number of carbonyl (C=O) groups excluding carboxylic acids is 1. The molecule has 1 aliphatic carbocycles. The van der Waals surface area contributed by atoms with E-state index in [-0.39, 0.29) is 5.91 Å². The summed E-state index contributed by atoms with van der Waals surface area (Å²) in [5.41, 5.74) is 0.767.